The van der Waals surface area contributed by atoms with Gasteiger partial charge < -0.3 is 5.11 Å². The quantitative estimate of drug-likeness (QED) is 0.933. The molecule has 0 radical (unpaired) electrons. The normalized spacial score (nSPS) is 25.1. The molecule has 92 valence electrons. The summed E-state index contributed by atoms with van der Waals surface area (Å²) in [5.41, 5.74) is 0.628. The van der Waals surface area contributed by atoms with E-state index >= 15 is 0 Å². The Kier molecular flexibility index (Phi) is 3.54. The maximum Gasteiger partial charge on any atom is 0.310 e. The van der Waals surface area contributed by atoms with E-state index in [1.54, 1.807) is 0 Å². The van der Waals surface area contributed by atoms with Crippen molar-refractivity contribution in [3.8, 4) is 0 Å². The molecule has 1 atom stereocenters. The average molecular weight is 298 g/mol. The first-order chi connectivity index (χ1) is 8.01. The molecule has 2 rings (SSSR count). The SMILES string of the molecule is CC1(C(=O)O)CCN(Cc2ccccc2Br)C1. The van der Waals surface area contributed by atoms with Gasteiger partial charge in [0.1, 0.15) is 0 Å². The molecule has 0 saturated carbocycles. The maximum atomic E-state index is 11.2. The number of benzene rings is 1. The first-order valence-corrected chi connectivity index (χ1v) is 6.50. The summed E-state index contributed by atoms with van der Waals surface area (Å²) in [6, 6.07) is 8.08. The number of hydrogen-bond donors (Lipinski definition) is 1. The van der Waals surface area contributed by atoms with E-state index in [-0.39, 0.29) is 0 Å². The molecule has 0 amide bonds. The second kappa shape index (κ2) is 4.78. The zero-order valence-corrected chi connectivity index (χ0v) is 11.4. The van der Waals surface area contributed by atoms with E-state index in [4.69, 9.17) is 0 Å². The molecule has 1 aromatic rings. The highest BCUT2D eigenvalue weighted by atomic mass is 79.9. The molecule has 3 nitrogen and oxygen atoms in total. The first-order valence-electron chi connectivity index (χ1n) is 5.70. The van der Waals surface area contributed by atoms with Crippen molar-refractivity contribution in [2.45, 2.75) is 19.9 Å². The highest BCUT2D eigenvalue weighted by Gasteiger charge is 2.40. The molecule has 0 aromatic heterocycles. The summed E-state index contributed by atoms with van der Waals surface area (Å²) < 4.78 is 1.09. The summed E-state index contributed by atoms with van der Waals surface area (Å²) in [4.78, 5) is 13.4. The summed E-state index contributed by atoms with van der Waals surface area (Å²) in [6.07, 6.45) is 0.729. The smallest absolute Gasteiger partial charge is 0.310 e. The minimum atomic E-state index is -0.688. The Morgan fingerprint density at radius 3 is 2.82 bits per heavy atom. The van der Waals surface area contributed by atoms with Crippen LogP contribution in [0.4, 0.5) is 0 Å². The van der Waals surface area contributed by atoms with Crippen molar-refractivity contribution < 1.29 is 9.90 Å². The van der Waals surface area contributed by atoms with E-state index in [1.807, 2.05) is 25.1 Å². The molecular formula is C13H16BrNO2. The fourth-order valence-electron chi connectivity index (χ4n) is 2.23. The summed E-state index contributed by atoms with van der Waals surface area (Å²) in [7, 11) is 0. The lowest BCUT2D eigenvalue weighted by Crippen LogP contribution is -2.31. The lowest BCUT2D eigenvalue weighted by Gasteiger charge is -2.20. The van der Waals surface area contributed by atoms with Crippen molar-refractivity contribution in [3.05, 3.63) is 34.3 Å². The van der Waals surface area contributed by atoms with Gasteiger partial charge in [-0.3, -0.25) is 9.69 Å². The van der Waals surface area contributed by atoms with Crippen molar-refractivity contribution in [1.29, 1.82) is 0 Å². The second-order valence-electron chi connectivity index (χ2n) is 4.92. The molecule has 0 bridgehead atoms. The van der Waals surface area contributed by atoms with Gasteiger partial charge in [-0.05, 0) is 31.5 Å². The molecule has 1 aliphatic heterocycles. The summed E-state index contributed by atoms with van der Waals surface area (Å²) in [5.74, 6) is -0.688. The van der Waals surface area contributed by atoms with Crippen LogP contribution in [0.5, 0.6) is 0 Å². The lowest BCUT2D eigenvalue weighted by molar-refractivity contribution is -0.147. The summed E-state index contributed by atoms with van der Waals surface area (Å²) in [6.45, 7) is 4.12. The first kappa shape index (κ1) is 12.6. The minimum Gasteiger partial charge on any atom is -0.481 e. The maximum absolute atomic E-state index is 11.2. The van der Waals surface area contributed by atoms with Crippen LogP contribution in [-0.2, 0) is 11.3 Å². The van der Waals surface area contributed by atoms with Crippen molar-refractivity contribution in [1.82, 2.24) is 4.90 Å². The lowest BCUT2D eigenvalue weighted by atomic mass is 9.90. The topological polar surface area (TPSA) is 40.5 Å². The number of halogens is 1. The Morgan fingerprint density at radius 1 is 1.53 bits per heavy atom. The van der Waals surface area contributed by atoms with E-state index in [1.165, 1.54) is 5.56 Å². The molecule has 4 heteroatoms. The van der Waals surface area contributed by atoms with Gasteiger partial charge in [0, 0.05) is 17.6 Å². The van der Waals surface area contributed by atoms with Gasteiger partial charge in [-0.25, -0.2) is 0 Å². The number of carboxylic acid groups (broad SMARTS) is 1. The van der Waals surface area contributed by atoms with Crippen LogP contribution in [0.2, 0.25) is 0 Å². The van der Waals surface area contributed by atoms with E-state index in [2.05, 4.69) is 26.9 Å². The van der Waals surface area contributed by atoms with Gasteiger partial charge in [0.15, 0.2) is 0 Å². The largest absolute Gasteiger partial charge is 0.481 e. The van der Waals surface area contributed by atoms with Gasteiger partial charge in [-0.15, -0.1) is 0 Å². The van der Waals surface area contributed by atoms with E-state index in [0.29, 0.717) is 6.54 Å². The molecule has 1 fully saturated rings. The van der Waals surface area contributed by atoms with Crippen LogP contribution in [0.1, 0.15) is 18.9 Å². The summed E-state index contributed by atoms with van der Waals surface area (Å²) in [5, 5.41) is 9.18. The molecule has 0 spiro atoms. The van der Waals surface area contributed by atoms with Crippen molar-refractivity contribution >= 4 is 21.9 Å². The summed E-state index contributed by atoms with van der Waals surface area (Å²) >= 11 is 3.52. The number of carbonyl (C=O) groups is 1. The third-order valence-electron chi connectivity index (χ3n) is 3.42. The van der Waals surface area contributed by atoms with E-state index in [9.17, 15) is 9.90 Å². The van der Waals surface area contributed by atoms with Gasteiger partial charge in [-0.2, -0.15) is 0 Å². The molecule has 1 saturated heterocycles. The van der Waals surface area contributed by atoms with Crippen molar-refractivity contribution in [3.63, 3.8) is 0 Å². The van der Waals surface area contributed by atoms with Crippen LogP contribution in [0, 0.1) is 5.41 Å². The molecule has 1 N–H and O–H groups in total. The molecule has 1 aromatic carbocycles. The Morgan fingerprint density at radius 2 is 2.24 bits per heavy atom. The molecular weight excluding hydrogens is 282 g/mol. The van der Waals surface area contributed by atoms with E-state index in [0.717, 1.165) is 24.0 Å². The Bertz CT molecular complexity index is 435. The van der Waals surface area contributed by atoms with Crippen LogP contribution in [-0.4, -0.2) is 29.1 Å². The van der Waals surface area contributed by atoms with Crippen LogP contribution < -0.4 is 0 Å². The predicted molar refractivity (Wildman–Crippen MR) is 69.8 cm³/mol. The van der Waals surface area contributed by atoms with Gasteiger partial charge in [0.2, 0.25) is 0 Å². The fourth-order valence-corrected chi connectivity index (χ4v) is 2.64. The number of carboxylic acids is 1. The monoisotopic (exact) mass is 297 g/mol. The fraction of sp³-hybridized carbons (Fsp3) is 0.462. The number of likely N-dealkylation sites (tertiary alicyclic amines) is 1. The Balaban J connectivity index is 2.04. The Hall–Kier alpha value is -0.870. The van der Waals surface area contributed by atoms with Gasteiger partial charge in [0.05, 0.1) is 5.41 Å². The van der Waals surface area contributed by atoms with Crippen LogP contribution in [0.3, 0.4) is 0 Å². The number of rotatable bonds is 3. The second-order valence-corrected chi connectivity index (χ2v) is 5.77. The van der Waals surface area contributed by atoms with Gasteiger partial charge in [0.25, 0.3) is 0 Å². The molecule has 17 heavy (non-hydrogen) atoms. The zero-order valence-electron chi connectivity index (χ0n) is 9.82. The highest BCUT2D eigenvalue weighted by Crippen LogP contribution is 2.31. The van der Waals surface area contributed by atoms with Crippen LogP contribution in [0.15, 0.2) is 28.7 Å². The number of hydrogen-bond acceptors (Lipinski definition) is 2. The van der Waals surface area contributed by atoms with Crippen LogP contribution >= 0.6 is 15.9 Å². The predicted octanol–water partition coefficient (Wildman–Crippen LogP) is 2.75. The standard InChI is InChI=1S/C13H16BrNO2/c1-13(12(16)17)6-7-15(9-13)8-10-4-2-3-5-11(10)14/h2-5H,6-9H2,1H3,(H,16,17). The molecule has 1 unspecified atom stereocenters. The van der Waals surface area contributed by atoms with Gasteiger partial charge >= 0.3 is 5.97 Å². The third-order valence-corrected chi connectivity index (χ3v) is 4.19. The number of aliphatic carboxylic acids is 1. The zero-order chi connectivity index (χ0) is 12.5. The number of nitrogens with zero attached hydrogens (tertiary/aromatic N) is 1. The highest BCUT2D eigenvalue weighted by molar-refractivity contribution is 9.10. The van der Waals surface area contributed by atoms with Crippen molar-refractivity contribution in [2.24, 2.45) is 5.41 Å². The minimum absolute atomic E-state index is 0.582. The molecule has 1 heterocycles. The van der Waals surface area contributed by atoms with E-state index < -0.39 is 11.4 Å². The van der Waals surface area contributed by atoms with Crippen LogP contribution in [0.25, 0.3) is 0 Å². The van der Waals surface area contributed by atoms with Crippen molar-refractivity contribution in [2.75, 3.05) is 13.1 Å². The molecule has 0 aliphatic carbocycles. The third kappa shape index (κ3) is 2.69. The molecule has 1 aliphatic rings. The average Bonchev–Trinajstić information content (AvgIpc) is 2.65. The Labute approximate surface area is 110 Å². The van der Waals surface area contributed by atoms with Gasteiger partial charge in [-0.1, -0.05) is 34.1 Å².